The van der Waals surface area contributed by atoms with Crippen molar-refractivity contribution in [2.24, 2.45) is 11.5 Å². The van der Waals surface area contributed by atoms with Gasteiger partial charge in [-0.05, 0) is 0 Å². The lowest BCUT2D eigenvalue weighted by Crippen LogP contribution is -2.26. The van der Waals surface area contributed by atoms with E-state index in [0.717, 1.165) is 0 Å². The predicted molar refractivity (Wildman–Crippen MR) is 54.2 cm³/mol. The smallest absolute Gasteiger partial charge is 0.218 e. The molecule has 0 unspecified atom stereocenters. The number of hydrogen-bond acceptors (Lipinski definition) is 3. The Morgan fingerprint density at radius 2 is 1.77 bits per heavy atom. The molecule has 0 heterocycles. The molecule has 0 spiro atoms. The molecule has 0 aliphatic rings. The molecule has 0 radical (unpaired) electrons. The molecule has 0 aromatic rings. The third-order valence-corrected chi connectivity index (χ3v) is 2.78. The molecule has 13 heavy (non-hydrogen) atoms. The van der Waals surface area contributed by atoms with Crippen molar-refractivity contribution in [1.29, 1.82) is 0 Å². The monoisotopic (exact) mass is 204 g/mol. The first-order chi connectivity index (χ1) is 5.83. The van der Waals surface area contributed by atoms with E-state index in [2.05, 4.69) is 0 Å². The third-order valence-electron chi connectivity index (χ3n) is 1.44. The Labute approximate surface area is 82.4 Å². The minimum atomic E-state index is -0.323. The number of nitrogens with two attached hydrogens (primary N) is 2. The summed E-state index contributed by atoms with van der Waals surface area (Å²) in [6.07, 6.45) is 0.656. The van der Waals surface area contributed by atoms with E-state index in [1.165, 1.54) is 11.8 Å². The van der Waals surface area contributed by atoms with Crippen LogP contribution in [-0.2, 0) is 9.59 Å². The first-order valence-corrected chi connectivity index (χ1v) is 5.02. The number of thioether (sulfide) groups is 1. The molecule has 0 aromatic carbocycles. The summed E-state index contributed by atoms with van der Waals surface area (Å²) in [6, 6.07) is 0. The van der Waals surface area contributed by atoms with Gasteiger partial charge in [0.25, 0.3) is 0 Å². The Bertz CT molecular complexity index is 204. The minimum absolute atomic E-state index is 0.207. The number of amides is 2. The Morgan fingerprint density at radius 1 is 1.23 bits per heavy atom. The third kappa shape index (κ3) is 7.64. The maximum absolute atomic E-state index is 10.6. The van der Waals surface area contributed by atoms with Crippen LogP contribution in [0.3, 0.4) is 0 Å². The molecule has 0 aromatic heterocycles. The van der Waals surface area contributed by atoms with E-state index in [0.29, 0.717) is 18.6 Å². The molecule has 0 saturated carbocycles. The van der Waals surface area contributed by atoms with Gasteiger partial charge in [0.2, 0.25) is 11.8 Å². The summed E-state index contributed by atoms with van der Waals surface area (Å²) in [7, 11) is 0. The van der Waals surface area contributed by atoms with Gasteiger partial charge in [0.1, 0.15) is 0 Å². The maximum Gasteiger partial charge on any atom is 0.218 e. The van der Waals surface area contributed by atoms with Gasteiger partial charge in [-0.2, -0.15) is 11.8 Å². The number of carbonyl (C=O) groups excluding carboxylic acids is 2. The number of hydrogen-bond donors (Lipinski definition) is 2. The van der Waals surface area contributed by atoms with Gasteiger partial charge in [0, 0.05) is 23.3 Å². The Kier molecular flexibility index (Phi) is 4.83. The maximum atomic E-state index is 10.6. The average molecular weight is 204 g/mol. The molecule has 0 fully saturated rings. The average Bonchev–Trinajstić information content (AvgIpc) is 1.81. The van der Waals surface area contributed by atoms with E-state index in [4.69, 9.17) is 11.5 Å². The molecule has 0 aliphatic heterocycles. The van der Waals surface area contributed by atoms with Gasteiger partial charge in [-0.3, -0.25) is 9.59 Å². The van der Waals surface area contributed by atoms with Gasteiger partial charge in [0.15, 0.2) is 0 Å². The SMILES string of the molecule is CC(C)(CC(N)=O)SCCC(N)=O. The van der Waals surface area contributed by atoms with Gasteiger partial charge in [0.05, 0.1) is 0 Å². The lowest BCUT2D eigenvalue weighted by Gasteiger charge is -2.21. The van der Waals surface area contributed by atoms with Crippen molar-refractivity contribution in [3.63, 3.8) is 0 Å². The minimum Gasteiger partial charge on any atom is -0.370 e. The van der Waals surface area contributed by atoms with Crippen LogP contribution in [-0.4, -0.2) is 22.3 Å². The summed E-state index contributed by atoms with van der Waals surface area (Å²) in [6.45, 7) is 3.84. The fourth-order valence-corrected chi connectivity index (χ4v) is 2.00. The van der Waals surface area contributed by atoms with E-state index >= 15 is 0 Å². The van der Waals surface area contributed by atoms with Crippen molar-refractivity contribution in [3.05, 3.63) is 0 Å². The van der Waals surface area contributed by atoms with E-state index in [9.17, 15) is 9.59 Å². The quantitative estimate of drug-likeness (QED) is 0.650. The first-order valence-electron chi connectivity index (χ1n) is 4.04. The molecule has 0 atom stereocenters. The second-order valence-electron chi connectivity index (χ2n) is 3.47. The van der Waals surface area contributed by atoms with Crippen LogP contribution >= 0.6 is 11.8 Å². The summed E-state index contributed by atoms with van der Waals surface area (Å²) in [4.78, 5) is 21.1. The molecule has 0 aliphatic carbocycles. The predicted octanol–water partition coefficient (Wildman–Crippen LogP) is 0.249. The zero-order valence-corrected chi connectivity index (χ0v) is 8.82. The first kappa shape index (κ1) is 12.3. The van der Waals surface area contributed by atoms with Crippen LogP contribution in [0.5, 0.6) is 0 Å². The fourth-order valence-electron chi connectivity index (χ4n) is 0.899. The van der Waals surface area contributed by atoms with Crippen molar-refractivity contribution in [2.75, 3.05) is 5.75 Å². The Balaban J connectivity index is 3.75. The summed E-state index contributed by atoms with van der Waals surface area (Å²) >= 11 is 1.53. The normalized spacial score (nSPS) is 11.2. The Hall–Kier alpha value is -0.710. The van der Waals surface area contributed by atoms with Crippen LogP contribution in [0.4, 0.5) is 0 Å². The second-order valence-corrected chi connectivity index (χ2v) is 5.27. The topological polar surface area (TPSA) is 86.2 Å². The van der Waals surface area contributed by atoms with Crippen molar-refractivity contribution >= 4 is 23.6 Å². The van der Waals surface area contributed by atoms with Crippen LogP contribution < -0.4 is 11.5 Å². The molecule has 4 N–H and O–H groups in total. The van der Waals surface area contributed by atoms with Gasteiger partial charge >= 0.3 is 0 Å². The Morgan fingerprint density at radius 3 is 2.15 bits per heavy atom. The molecule has 0 bridgehead atoms. The molecular formula is C8H16N2O2S. The standard InChI is InChI=1S/C8H16N2O2S/c1-8(2,5-7(10)12)13-4-3-6(9)11/h3-5H2,1-2H3,(H2,9,11)(H2,10,12). The lowest BCUT2D eigenvalue weighted by molar-refractivity contribution is -0.118. The largest absolute Gasteiger partial charge is 0.370 e. The molecular weight excluding hydrogens is 188 g/mol. The summed E-state index contributed by atoms with van der Waals surface area (Å²) in [5.41, 5.74) is 10.0. The lowest BCUT2D eigenvalue weighted by atomic mass is 10.1. The van der Waals surface area contributed by atoms with Gasteiger partial charge in [-0.25, -0.2) is 0 Å². The highest BCUT2D eigenvalue weighted by Crippen LogP contribution is 2.27. The molecule has 2 amide bonds. The fraction of sp³-hybridized carbons (Fsp3) is 0.750. The van der Waals surface area contributed by atoms with Gasteiger partial charge in [-0.1, -0.05) is 13.8 Å². The van der Waals surface area contributed by atoms with Crippen molar-refractivity contribution < 1.29 is 9.59 Å². The highest BCUT2D eigenvalue weighted by molar-refractivity contribution is 8.00. The zero-order chi connectivity index (χ0) is 10.5. The number of primary amides is 2. The molecule has 0 rings (SSSR count). The van der Waals surface area contributed by atoms with Crippen LogP contribution in [0.1, 0.15) is 26.7 Å². The summed E-state index contributed by atoms with van der Waals surface area (Å²) in [5.74, 6) is -0.00532. The van der Waals surface area contributed by atoms with Crippen LogP contribution in [0.2, 0.25) is 0 Å². The number of carbonyl (C=O) groups is 2. The van der Waals surface area contributed by atoms with E-state index < -0.39 is 0 Å². The highest BCUT2D eigenvalue weighted by atomic mass is 32.2. The highest BCUT2D eigenvalue weighted by Gasteiger charge is 2.20. The van der Waals surface area contributed by atoms with Crippen molar-refractivity contribution in [3.8, 4) is 0 Å². The van der Waals surface area contributed by atoms with E-state index in [1.54, 1.807) is 0 Å². The van der Waals surface area contributed by atoms with Crippen LogP contribution in [0, 0.1) is 0 Å². The second kappa shape index (κ2) is 5.11. The summed E-state index contributed by atoms with van der Waals surface area (Å²) in [5, 5.41) is 0. The zero-order valence-electron chi connectivity index (χ0n) is 8.00. The summed E-state index contributed by atoms with van der Waals surface area (Å²) < 4.78 is -0.207. The molecule has 0 saturated heterocycles. The molecule has 5 heteroatoms. The number of rotatable bonds is 6. The van der Waals surface area contributed by atoms with Crippen molar-refractivity contribution in [1.82, 2.24) is 0 Å². The van der Waals surface area contributed by atoms with Crippen LogP contribution in [0.25, 0.3) is 0 Å². The molecule has 4 nitrogen and oxygen atoms in total. The van der Waals surface area contributed by atoms with Crippen molar-refractivity contribution in [2.45, 2.75) is 31.4 Å². The van der Waals surface area contributed by atoms with Gasteiger partial charge in [-0.15, -0.1) is 0 Å². The molecule has 76 valence electrons. The van der Waals surface area contributed by atoms with Gasteiger partial charge < -0.3 is 11.5 Å². The van der Waals surface area contributed by atoms with E-state index in [1.807, 2.05) is 13.8 Å². The van der Waals surface area contributed by atoms with Crippen LogP contribution in [0.15, 0.2) is 0 Å². The van der Waals surface area contributed by atoms with E-state index in [-0.39, 0.29) is 16.6 Å².